The van der Waals surface area contributed by atoms with Gasteiger partial charge in [-0.15, -0.1) is 5.06 Å². The SMILES string of the molecule is O=CON1CCOC(C=O)C1. The Morgan fingerprint density at radius 1 is 1.55 bits per heavy atom. The molecule has 11 heavy (non-hydrogen) atoms. The van der Waals surface area contributed by atoms with Gasteiger partial charge in [0, 0.05) is 0 Å². The van der Waals surface area contributed by atoms with Crippen molar-refractivity contribution < 1.29 is 19.2 Å². The topological polar surface area (TPSA) is 55.8 Å². The van der Waals surface area contributed by atoms with Gasteiger partial charge in [0.15, 0.2) is 0 Å². The Kier molecular flexibility index (Phi) is 3.00. The van der Waals surface area contributed by atoms with E-state index in [0.29, 0.717) is 32.5 Å². The summed E-state index contributed by atoms with van der Waals surface area (Å²) in [5, 5.41) is 1.40. The lowest BCUT2D eigenvalue weighted by Gasteiger charge is -2.26. The van der Waals surface area contributed by atoms with Gasteiger partial charge < -0.3 is 14.4 Å². The molecule has 1 unspecified atom stereocenters. The first-order chi connectivity index (χ1) is 5.36. The molecular weight excluding hydrogens is 150 g/mol. The Bertz CT molecular complexity index is 150. The molecule has 0 bridgehead atoms. The molecule has 1 heterocycles. The molecule has 1 rings (SSSR count). The minimum absolute atomic E-state index is 0.322. The Labute approximate surface area is 63.8 Å². The number of morpholine rings is 1. The summed E-state index contributed by atoms with van der Waals surface area (Å²) in [6, 6.07) is 0. The molecular formula is C6H9NO4. The molecule has 0 saturated carbocycles. The van der Waals surface area contributed by atoms with Crippen LogP contribution in [-0.4, -0.2) is 43.6 Å². The summed E-state index contributed by atoms with van der Waals surface area (Å²) in [5.41, 5.74) is 0. The van der Waals surface area contributed by atoms with Crippen molar-refractivity contribution in [3.63, 3.8) is 0 Å². The number of rotatable bonds is 3. The summed E-state index contributed by atoms with van der Waals surface area (Å²) < 4.78 is 5.00. The van der Waals surface area contributed by atoms with E-state index in [-0.39, 0.29) is 0 Å². The number of carbonyl (C=O) groups is 2. The van der Waals surface area contributed by atoms with E-state index in [0.717, 1.165) is 0 Å². The van der Waals surface area contributed by atoms with Crippen LogP contribution in [0.1, 0.15) is 0 Å². The molecule has 0 aromatic heterocycles. The van der Waals surface area contributed by atoms with E-state index in [2.05, 4.69) is 4.84 Å². The summed E-state index contributed by atoms with van der Waals surface area (Å²) in [6.45, 7) is 1.59. The van der Waals surface area contributed by atoms with Crippen LogP contribution in [0.15, 0.2) is 0 Å². The van der Waals surface area contributed by atoms with Crippen molar-refractivity contribution in [2.24, 2.45) is 0 Å². The highest BCUT2D eigenvalue weighted by atomic mass is 16.7. The van der Waals surface area contributed by atoms with E-state index in [1.807, 2.05) is 0 Å². The molecule has 0 aliphatic carbocycles. The van der Waals surface area contributed by atoms with Crippen LogP contribution < -0.4 is 0 Å². The summed E-state index contributed by atoms with van der Waals surface area (Å²) in [7, 11) is 0. The van der Waals surface area contributed by atoms with Crippen LogP contribution in [0.3, 0.4) is 0 Å². The van der Waals surface area contributed by atoms with Crippen molar-refractivity contribution in [3.8, 4) is 0 Å². The highest BCUT2D eigenvalue weighted by molar-refractivity contribution is 5.56. The largest absolute Gasteiger partial charge is 0.371 e. The molecule has 1 aliphatic rings. The fourth-order valence-electron chi connectivity index (χ4n) is 0.890. The van der Waals surface area contributed by atoms with E-state index in [4.69, 9.17) is 4.74 Å². The van der Waals surface area contributed by atoms with Crippen LogP contribution in [0.5, 0.6) is 0 Å². The molecule has 1 aliphatic heterocycles. The van der Waals surface area contributed by atoms with Gasteiger partial charge in [0.2, 0.25) is 0 Å². The number of ether oxygens (including phenoxy) is 1. The fourth-order valence-corrected chi connectivity index (χ4v) is 0.890. The zero-order valence-corrected chi connectivity index (χ0v) is 5.93. The molecule has 5 heteroatoms. The molecule has 1 atom stereocenters. The van der Waals surface area contributed by atoms with Gasteiger partial charge in [0.1, 0.15) is 12.4 Å². The second-order valence-corrected chi connectivity index (χ2v) is 2.13. The molecule has 5 nitrogen and oxygen atoms in total. The zero-order valence-electron chi connectivity index (χ0n) is 5.93. The molecule has 1 saturated heterocycles. The van der Waals surface area contributed by atoms with Gasteiger partial charge >= 0.3 is 6.47 Å². The quantitative estimate of drug-likeness (QED) is 0.493. The Morgan fingerprint density at radius 3 is 3.00 bits per heavy atom. The third-order valence-electron chi connectivity index (χ3n) is 1.40. The number of hydroxylamine groups is 2. The summed E-state index contributed by atoms with van der Waals surface area (Å²) in [5.74, 6) is 0. The summed E-state index contributed by atoms with van der Waals surface area (Å²) >= 11 is 0. The highest BCUT2D eigenvalue weighted by Crippen LogP contribution is 2.01. The number of hydrogen-bond donors (Lipinski definition) is 0. The van der Waals surface area contributed by atoms with E-state index in [9.17, 15) is 9.59 Å². The lowest BCUT2D eigenvalue weighted by Crippen LogP contribution is -2.42. The van der Waals surface area contributed by atoms with E-state index in [1.165, 1.54) is 5.06 Å². The normalized spacial score (nSPS) is 26.0. The number of aldehydes is 1. The van der Waals surface area contributed by atoms with Gasteiger partial charge in [-0.05, 0) is 0 Å². The zero-order chi connectivity index (χ0) is 8.10. The Morgan fingerprint density at radius 2 is 2.36 bits per heavy atom. The second-order valence-electron chi connectivity index (χ2n) is 2.13. The maximum atomic E-state index is 10.2. The van der Waals surface area contributed by atoms with Crippen LogP contribution >= 0.6 is 0 Å². The van der Waals surface area contributed by atoms with Crippen molar-refractivity contribution in [1.82, 2.24) is 5.06 Å². The predicted molar refractivity (Wildman–Crippen MR) is 34.5 cm³/mol. The molecule has 0 radical (unpaired) electrons. The molecule has 0 aromatic carbocycles. The molecule has 0 amide bonds. The van der Waals surface area contributed by atoms with Crippen LogP contribution in [-0.2, 0) is 19.2 Å². The smallest absolute Gasteiger partial charge is 0.312 e. The number of carbonyl (C=O) groups excluding carboxylic acids is 2. The first-order valence-electron chi connectivity index (χ1n) is 3.29. The summed E-state index contributed by atoms with van der Waals surface area (Å²) in [4.78, 5) is 24.6. The average molecular weight is 159 g/mol. The first-order valence-corrected chi connectivity index (χ1v) is 3.29. The van der Waals surface area contributed by atoms with E-state index in [1.54, 1.807) is 0 Å². The van der Waals surface area contributed by atoms with Gasteiger partial charge in [-0.1, -0.05) is 0 Å². The van der Waals surface area contributed by atoms with Gasteiger partial charge in [0.05, 0.1) is 19.7 Å². The second kappa shape index (κ2) is 4.05. The maximum absolute atomic E-state index is 10.2. The van der Waals surface area contributed by atoms with Crippen LogP contribution in [0, 0.1) is 0 Å². The Hall–Kier alpha value is -0.940. The van der Waals surface area contributed by atoms with Crippen LogP contribution in [0.25, 0.3) is 0 Å². The monoisotopic (exact) mass is 159 g/mol. The van der Waals surface area contributed by atoms with Crippen molar-refractivity contribution in [1.29, 1.82) is 0 Å². The molecule has 0 N–H and O–H groups in total. The molecule has 0 aromatic rings. The lowest BCUT2D eigenvalue weighted by atomic mass is 10.3. The van der Waals surface area contributed by atoms with E-state index < -0.39 is 6.10 Å². The minimum atomic E-state index is -0.469. The fraction of sp³-hybridized carbons (Fsp3) is 0.667. The number of hydrogen-bond acceptors (Lipinski definition) is 5. The van der Waals surface area contributed by atoms with Crippen molar-refractivity contribution in [2.45, 2.75) is 6.10 Å². The standard InChI is InChI=1S/C6H9NO4/c8-4-6-3-7(11-5-9)1-2-10-6/h4-6H,1-3H2. The molecule has 62 valence electrons. The van der Waals surface area contributed by atoms with Gasteiger partial charge in [-0.25, -0.2) is 0 Å². The van der Waals surface area contributed by atoms with Crippen molar-refractivity contribution >= 4 is 12.8 Å². The molecule has 1 fully saturated rings. The van der Waals surface area contributed by atoms with Crippen LogP contribution in [0.2, 0.25) is 0 Å². The van der Waals surface area contributed by atoms with E-state index >= 15 is 0 Å². The number of nitrogens with zero attached hydrogens (tertiary/aromatic N) is 1. The first kappa shape index (κ1) is 8.16. The van der Waals surface area contributed by atoms with Gasteiger partial charge in [0.25, 0.3) is 0 Å². The van der Waals surface area contributed by atoms with Crippen molar-refractivity contribution in [2.75, 3.05) is 19.7 Å². The van der Waals surface area contributed by atoms with Crippen molar-refractivity contribution in [3.05, 3.63) is 0 Å². The van der Waals surface area contributed by atoms with Crippen LogP contribution in [0.4, 0.5) is 0 Å². The average Bonchev–Trinajstić information content (AvgIpc) is 2.06. The highest BCUT2D eigenvalue weighted by Gasteiger charge is 2.20. The summed E-state index contributed by atoms with van der Waals surface area (Å²) in [6.07, 6.45) is 0.226. The van der Waals surface area contributed by atoms with Gasteiger partial charge in [-0.3, -0.25) is 4.79 Å². The lowest BCUT2D eigenvalue weighted by molar-refractivity contribution is -0.199. The third-order valence-corrected chi connectivity index (χ3v) is 1.40. The predicted octanol–water partition coefficient (Wildman–Crippen LogP) is -1.03. The maximum Gasteiger partial charge on any atom is 0.312 e. The third kappa shape index (κ3) is 2.28. The minimum Gasteiger partial charge on any atom is -0.371 e. The Balaban J connectivity index is 2.32. The molecule has 0 spiro atoms. The van der Waals surface area contributed by atoms with Gasteiger partial charge in [-0.2, -0.15) is 0 Å².